The van der Waals surface area contributed by atoms with Gasteiger partial charge in [0.1, 0.15) is 0 Å². The Hall–Kier alpha value is -7.73. The van der Waals surface area contributed by atoms with Crippen LogP contribution in [0.1, 0.15) is 0 Å². The molecule has 0 amide bonds. The van der Waals surface area contributed by atoms with Crippen molar-refractivity contribution >= 4 is 64.2 Å². The van der Waals surface area contributed by atoms with Crippen molar-refractivity contribution in [1.82, 2.24) is 19.5 Å². The van der Waals surface area contributed by atoms with Gasteiger partial charge in [-0.05, 0) is 53.6 Å². The average Bonchev–Trinajstić information content (AvgIpc) is 3.88. The van der Waals surface area contributed by atoms with Crippen molar-refractivity contribution in [3.63, 3.8) is 0 Å². The lowest BCUT2D eigenvalue weighted by molar-refractivity contribution is 1.16. The molecule has 60 heavy (non-hydrogen) atoms. The molecule has 0 aliphatic carbocycles. The fourth-order valence-corrected chi connectivity index (χ4v) is 9.98. The minimum Gasteiger partial charge on any atom is -0.309 e. The molecule has 0 N–H and O–H groups in total. The summed E-state index contributed by atoms with van der Waals surface area (Å²) in [5.74, 6) is 0.691. The molecule has 0 radical (unpaired) electrons. The number of pyridine rings is 1. The third kappa shape index (κ3) is 5.70. The third-order valence-electron chi connectivity index (χ3n) is 11.6. The average molecular weight is 783 g/mol. The highest BCUT2D eigenvalue weighted by Crippen LogP contribution is 2.43. The van der Waals surface area contributed by atoms with Crippen molar-refractivity contribution in [2.75, 3.05) is 0 Å². The molecule has 0 fully saturated rings. The molecule has 0 bridgehead atoms. The number of nitrogens with zero attached hydrogens (tertiary/aromatic N) is 4. The van der Waals surface area contributed by atoms with Gasteiger partial charge < -0.3 is 4.57 Å². The van der Waals surface area contributed by atoms with Gasteiger partial charge in [-0.2, -0.15) is 0 Å². The summed E-state index contributed by atoms with van der Waals surface area (Å²) in [4.78, 5) is 15.7. The number of benzene rings is 8. The van der Waals surface area contributed by atoms with E-state index in [2.05, 4.69) is 193 Å². The van der Waals surface area contributed by atoms with Crippen LogP contribution < -0.4 is 0 Å². The minimum absolute atomic E-state index is 0.691. The SMILES string of the molecule is c1ccc(-c2nc(-c3ccc(-c4ccc5c(c4)nc(-c4ccccc4)c4sc6ccccc6c45)cc3)cc(-c3cccc(-n4c5ccccc5c5ccccc54)c3)n2)cc1. The Bertz CT molecular complexity index is 3530. The van der Waals surface area contributed by atoms with Gasteiger partial charge in [-0.1, -0.05) is 164 Å². The second kappa shape index (κ2) is 14.0. The molecule has 0 unspecified atom stereocenters. The summed E-state index contributed by atoms with van der Waals surface area (Å²) in [5.41, 5.74) is 13.6. The monoisotopic (exact) mass is 782 g/mol. The van der Waals surface area contributed by atoms with E-state index in [1.54, 1.807) is 0 Å². The van der Waals surface area contributed by atoms with Gasteiger partial charge in [0, 0.05) is 59.6 Å². The van der Waals surface area contributed by atoms with E-state index < -0.39 is 0 Å². The number of aromatic nitrogens is 4. The van der Waals surface area contributed by atoms with Gasteiger partial charge in [0.15, 0.2) is 5.82 Å². The molecule has 4 heterocycles. The zero-order chi connectivity index (χ0) is 39.6. The molecule has 0 atom stereocenters. The molecule has 12 aromatic rings. The predicted octanol–water partition coefficient (Wildman–Crippen LogP) is 14.8. The van der Waals surface area contributed by atoms with Crippen LogP contribution in [0.5, 0.6) is 0 Å². The maximum absolute atomic E-state index is 5.34. The van der Waals surface area contributed by atoms with E-state index in [9.17, 15) is 0 Å². The number of rotatable bonds is 6. The molecule has 0 spiro atoms. The maximum Gasteiger partial charge on any atom is 0.160 e. The van der Waals surface area contributed by atoms with Crippen LogP contribution in [0.3, 0.4) is 0 Å². The second-order valence-electron chi connectivity index (χ2n) is 15.2. The van der Waals surface area contributed by atoms with Crippen LogP contribution in [0.15, 0.2) is 206 Å². The number of fused-ring (bicyclic) bond motifs is 8. The first kappa shape index (κ1) is 34.3. The predicted molar refractivity (Wildman–Crippen MR) is 252 cm³/mol. The van der Waals surface area contributed by atoms with E-state index >= 15 is 0 Å². The van der Waals surface area contributed by atoms with E-state index in [4.69, 9.17) is 15.0 Å². The van der Waals surface area contributed by atoms with E-state index in [1.165, 1.54) is 47.4 Å². The van der Waals surface area contributed by atoms with Crippen molar-refractivity contribution in [3.05, 3.63) is 206 Å². The normalized spacial score (nSPS) is 11.7. The van der Waals surface area contributed by atoms with Crippen LogP contribution in [-0.4, -0.2) is 19.5 Å². The van der Waals surface area contributed by atoms with Crippen molar-refractivity contribution in [2.24, 2.45) is 0 Å². The van der Waals surface area contributed by atoms with Crippen LogP contribution >= 0.6 is 11.3 Å². The van der Waals surface area contributed by atoms with Crippen LogP contribution in [0.4, 0.5) is 0 Å². The van der Waals surface area contributed by atoms with Gasteiger partial charge in [0.25, 0.3) is 0 Å². The van der Waals surface area contributed by atoms with Crippen LogP contribution in [0.2, 0.25) is 0 Å². The summed E-state index contributed by atoms with van der Waals surface area (Å²) in [7, 11) is 0. The quantitative estimate of drug-likeness (QED) is 0.169. The Kier molecular flexibility index (Phi) is 8.00. The Morgan fingerprint density at radius 1 is 0.367 bits per heavy atom. The Balaban J connectivity index is 0.958. The zero-order valence-electron chi connectivity index (χ0n) is 32.3. The first-order chi connectivity index (χ1) is 29.7. The Labute approximate surface area is 350 Å². The minimum atomic E-state index is 0.691. The molecule has 0 aliphatic heterocycles. The maximum atomic E-state index is 5.34. The molecule has 4 aromatic heterocycles. The van der Waals surface area contributed by atoms with Gasteiger partial charge in [-0.15, -0.1) is 11.3 Å². The molecule has 8 aromatic carbocycles. The highest BCUT2D eigenvalue weighted by Gasteiger charge is 2.18. The van der Waals surface area contributed by atoms with E-state index in [1.807, 2.05) is 29.5 Å². The van der Waals surface area contributed by atoms with Crippen molar-refractivity contribution < 1.29 is 0 Å². The number of hydrogen-bond acceptors (Lipinski definition) is 4. The molecule has 0 aliphatic rings. The summed E-state index contributed by atoms with van der Waals surface area (Å²) in [5, 5.41) is 6.20. The number of thiophene rings is 1. The third-order valence-corrected chi connectivity index (χ3v) is 12.8. The summed E-state index contributed by atoms with van der Waals surface area (Å²) in [6, 6.07) is 73.0. The van der Waals surface area contributed by atoms with Crippen LogP contribution in [0.25, 0.3) is 115 Å². The summed E-state index contributed by atoms with van der Waals surface area (Å²) in [6.45, 7) is 0. The van der Waals surface area contributed by atoms with Crippen molar-refractivity contribution in [3.8, 4) is 62.0 Å². The second-order valence-corrected chi connectivity index (χ2v) is 16.2. The fraction of sp³-hybridized carbons (Fsp3) is 0. The Morgan fingerprint density at radius 2 is 0.950 bits per heavy atom. The first-order valence-electron chi connectivity index (χ1n) is 20.2. The molecule has 0 saturated carbocycles. The summed E-state index contributed by atoms with van der Waals surface area (Å²) >= 11 is 1.82. The van der Waals surface area contributed by atoms with Gasteiger partial charge >= 0.3 is 0 Å². The highest BCUT2D eigenvalue weighted by atomic mass is 32.1. The first-order valence-corrected chi connectivity index (χ1v) is 21.0. The molecule has 5 heteroatoms. The van der Waals surface area contributed by atoms with Crippen molar-refractivity contribution in [2.45, 2.75) is 0 Å². The number of para-hydroxylation sites is 2. The molecule has 280 valence electrons. The topological polar surface area (TPSA) is 43.6 Å². The summed E-state index contributed by atoms with van der Waals surface area (Å²) < 4.78 is 4.85. The standard InChI is InChI=1S/C55H34N4S/c1-3-14-37(15-4-1)53-54-52(45-22-9-12-25-51(45)60-54)44-31-30-39(33-48(44)56-53)35-26-28-36(29-27-35)46-34-47(58-55(57-46)38-16-5-2-6-17-38)40-18-13-19-41(32-40)59-49-23-10-7-20-42(49)43-21-8-11-24-50(43)59/h1-34H. The van der Waals surface area contributed by atoms with Gasteiger partial charge in [-0.25, -0.2) is 15.0 Å². The summed E-state index contributed by atoms with van der Waals surface area (Å²) in [6.07, 6.45) is 0. The van der Waals surface area contributed by atoms with Gasteiger partial charge in [0.05, 0.1) is 38.3 Å². The molecular formula is C55H34N4S. The van der Waals surface area contributed by atoms with E-state index in [0.717, 1.165) is 61.7 Å². The van der Waals surface area contributed by atoms with Crippen molar-refractivity contribution in [1.29, 1.82) is 0 Å². The molecule has 12 rings (SSSR count). The largest absolute Gasteiger partial charge is 0.309 e. The molecule has 4 nitrogen and oxygen atoms in total. The Morgan fingerprint density at radius 3 is 1.68 bits per heavy atom. The molecule has 0 saturated heterocycles. The fourth-order valence-electron chi connectivity index (χ4n) is 8.76. The number of hydrogen-bond donors (Lipinski definition) is 0. The van der Waals surface area contributed by atoms with Gasteiger partial charge in [0.2, 0.25) is 0 Å². The lowest BCUT2D eigenvalue weighted by Gasteiger charge is -2.13. The lowest BCUT2D eigenvalue weighted by Crippen LogP contribution is -1.98. The smallest absolute Gasteiger partial charge is 0.160 e. The van der Waals surface area contributed by atoms with E-state index in [-0.39, 0.29) is 0 Å². The zero-order valence-corrected chi connectivity index (χ0v) is 33.1. The molecular weight excluding hydrogens is 749 g/mol. The van der Waals surface area contributed by atoms with Gasteiger partial charge in [-0.3, -0.25) is 0 Å². The van der Waals surface area contributed by atoms with Crippen LogP contribution in [-0.2, 0) is 0 Å². The van der Waals surface area contributed by atoms with Crippen LogP contribution in [0, 0.1) is 0 Å². The lowest BCUT2D eigenvalue weighted by atomic mass is 9.98. The van der Waals surface area contributed by atoms with E-state index in [0.29, 0.717) is 5.82 Å². The highest BCUT2D eigenvalue weighted by molar-refractivity contribution is 7.26.